The minimum absolute atomic E-state index is 0.0140. The molecule has 9 nitrogen and oxygen atoms in total. The Hall–Kier alpha value is -3.53. The lowest BCUT2D eigenvalue weighted by molar-refractivity contribution is -0.389. The summed E-state index contributed by atoms with van der Waals surface area (Å²) in [6.45, 7) is 3.77. The highest BCUT2D eigenvalue weighted by Crippen LogP contribution is 2.33. The number of aryl methyl sites for hydroxylation is 1. The van der Waals surface area contributed by atoms with Gasteiger partial charge in [-0.05, 0) is 29.9 Å². The second-order valence-corrected chi connectivity index (χ2v) is 7.45. The van der Waals surface area contributed by atoms with Gasteiger partial charge in [-0.15, -0.1) is 11.3 Å². The highest BCUT2D eigenvalue weighted by Gasteiger charge is 2.27. The molecule has 0 aliphatic heterocycles. The number of nitro groups is 1. The molecule has 0 aliphatic rings. The molecule has 1 amide bonds. The van der Waals surface area contributed by atoms with Crippen LogP contribution in [0.15, 0.2) is 36.4 Å². The number of aromatic nitrogens is 2. The van der Waals surface area contributed by atoms with Crippen molar-refractivity contribution in [2.24, 2.45) is 0 Å². The lowest BCUT2D eigenvalue weighted by Gasteiger charge is -2.07. The Morgan fingerprint density at radius 1 is 1.28 bits per heavy atom. The van der Waals surface area contributed by atoms with Crippen molar-refractivity contribution in [3.8, 4) is 0 Å². The van der Waals surface area contributed by atoms with E-state index in [2.05, 4.69) is 10.4 Å². The largest absolute Gasteiger partial charge is 0.465 e. The average Bonchev–Trinajstić information content (AvgIpc) is 3.23. The highest BCUT2D eigenvalue weighted by molar-refractivity contribution is 7.16. The molecular weight excluding hydrogens is 396 g/mol. The Labute approximate surface area is 170 Å². The number of amides is 1. The van der Waals surface area contributed by atoms with E-state index in [1.807, 2.05) is 37.3 Å². The van der Waals surface area contributed by atoms with Gasteiger partial charge in [0.1, 0.15) is 5.00 Å². The van der Waals surface area contributed by atoms with Crippen LogP contribution in [0.2, 0.25) is 0 Å². The molecule has 0 atom stereocenters. The van der Waals surface area contributed by atoms with E-state index in [1.54, 1.807) is 6.92 Å². The van der Waals surface area contributed by atoms with Crippen molar-refractivity contribution >= 4 is 34.0 Å². The summed E-state index contributed by atoms with van der Waals surface area (Å²) >= 11 is 1.23. The summed E-state index contributed by atoms with van der Waals surface area (Å²) in [6.07, 6.45) is 0. The van der Waals surface area contributed by atoms with Crippen LogP contribution in [0.1, 0.15) is 36.9 Å². The fourth-order valence-electron chi connectivity index (χ4n) is 2.78. The molecule has 3 rings (SSSR count). The number of benzene rings is 1. The number of hydrogen-bond acceptors (Lipinski definition) is 7. The summed E-state index contributed by atoms with van der Waals surface area (Å²) in [5.74, 6) is -1.60. The first-order chi connectivity index (χ1) is 13.8. The van der Waals surface area contributed by atoms with Gasteiger partial charge in [-0.1, -0.05) is 30.3 Å². The van der Waals surface area contributed by atoms with Crippen LogP contribution in [0.5, 0.6) is 0 Å². The molecule has 3 aromatic rings. The molecule has 0 saturated carbocycles. The summed E-state index contributed by atoms with van der Waals surface area (Å²) in [6, 6.07) is 10.3. The van der Waals surface area contributed by atoms with Gasteiger partial charge in [0.2, 0.25) is 0 Å². The number of hydrogen-bond donors (Lipinski definition) is 1. The quantitative estimate of drug-likeness (QED) is 0.374. The summed E-state index contributed by atoms with van der Waals surface area (Å²) < 4.78 is 6.08. The van der Waals surface area contributed by atoms with Crippen LogP contribution in [0, 0.1) is 24.0 Å². The summed E-state index contributed by atoms with van der Waals surface area (Å²) in [5, 5.41) is 18.1. The molecule has 29 heavy (non-hydrogen) atoms. The molecule has 1 aromatic carbocycles. The maximum absolute atomic E-state index is 12.9. The maximum atomic E-state index is 12.9. The predicted octanol–water partition coefficient (Wildman–Crippen LogP) is 3.56. The second kappa shape index (κ2) is 8.23. The number of methoxy groups -OCH3 is 1. The smallest absolute Gasteiger partial charge is 0.390 e. The van der Waals surface area contributed by atoms with Gasteiger partial charge in [0.25, 0.3) is 5.91 Å². The van der Waals surface area contributed by atoms with E-state index in [0.29, 0.717) is 10.6 Å². The van der Waals surface area contributed by atoms with E-state index in [4.69, 9.17) is 4.74 Å². The van der Waals surface area contributed by atoms with Gasteiger partial charge in [0.05, 0.1) is 30.4 Å². The zero-order chi connectivity index (χ0) is 21.1. The Kier molecular flexibility index (Phi) is 5.74. The number of nitrogens with one attached hydrogen (secondary N) is 1. The van der Waals surface area contributed by atoms with Crippen LogP contribution in [0.3, 0.4) is 0 Å². The topological polar surface area (TPSA) is 116 Å². The maximum Gasteiger partial charge on any atom is 0.390 e. The molecule has 0 aliphatic carbocycles. The zero-order valence-corrected chi connectivity index (χ0v) is 16.8. The predicted molar refractivity (Wildman–Crippen MR) is 108 cm³/mol. The number of carbonyl (C=O) groups is 2. The van der Waals surface area contributed by atoms with Gasteiger partial charge in [0.15, 0.2) is 5.69 Å². The van der Waals surface area contributed by atoms with E-state index < -0.39 is 22.6 Å². The van der Waals surface area contributed by atoms with Crippen molar-refractivity contribution in [1.29, 1.82) is 0 Å². The fraction of sp³-hybridized carbons (Fsp3) is 0.211. The Morgan fingerprint density at radius 3 is 2.59 bits per heavy atom. The average molecular weight is 414 g/mol. The first-order valence-corrected chi connectivity index (χ1v) is 9.39. The van der Waals surface area contributed by atoms with E-state index in [-0.39, 0.29) is 17.8 Å². The number of nitrogens with zero attached hydrogens (tertiary/aromatic N) is 3. The molecule has 0 saturated heterocycles. The number of thiophene rings is 1. The van der Waals surface area contributed by atoms with Gasteiger partial charge >= 0.3 is 11.8 Å². The Morgan fingerprint density at radius 2 is 1.97 bits per heavy atom. The van der Waals surface area contributed by atoms with Crippen molar-refractivity contribution in [2.45, 2.75) is 20.4 Å². The van der Waals surface area contributed by atoms with Crippen molar-refractivity contribution in [1.82, 2.24) is 9.78 Å². The van der Waals surface area contributed by atoms with Crippen LogP contribution in [-0.2, 0) is 11.3 Å². The molecule has 2 heterocycles. The Balaban J connectivity index is 1.96. The third-order valence-corrected chi connectivity index (χ3v) is 5.49. The Bertz CT molecular complexity index is 1090. The van der Waals surface area contributed by atoms with Gasteiger partial charge in [-0.3, -0.25) is 4.79 Å². The van der Waals surface area contributed by atoms with Crippen LogP contribution in [0.4, 0.5) is 10.8 Å². The van der Waals surface area contributed by atoms with E-state index in [0.717, 1.165) is 16.5 Å². The van der Waals surface area contributed by atoms with Crippen LogP contribution < -0.4 is 5.32 Å². The third kappa shape index (κ3) is 4.16. The lowest BCUT2D eigenvalue weighted by atomic mass is 10.1. The van der Waals surface area contributed by atoms with Gasteiger partial charge in [-0.25, -0.2) is 4.79 Å². The normalized spacial score (nSPS) is 10.6. The molecule has 0 spiro atoms. The van der Waals surface area contributed by atoms with Gasteiger partial charge in [-0.2, -0.15) is 4.68 Å². The second-order valence-electron chi connectivity index (χ2n) is 6.22. The highest BCUT2D eigenvalue weighted by atomic mass is 32.1. The molecule has 10 heteroatoms. The molecular formula is C19H18N4O5S. The molecule has 0 radical (unpaired) electrons. The molecule has 0 fully saturated rings. The third-order valence-electron chi connectivity index (χ3n) is 4.36. The van der Waals surface area contributed by atoms with E-state index in [9.17, 15) is 19.7 Å². The molecule has 0 bridgehead atoms. The zero-order valence-electron chi connectivity index (χ0n) is 16.0. The van der Waals surface area contributed by atoms with Crippen molar-refractivity contribution in [3.05, 3.63) is 73.8 Å². The fourth-order valence-corrected chi connectivity index (χ4v) is 3.83. The van der Waals surface area contributed by atoms with Crippen molar-refractivity contribution < 1.29 is 19.2 Å². The summed E-state index contributed by atoms with van der Waals surface area (Å²) in [7, 11) is 1.26. The number of esters is 1. The minimum Gasteiger partial charge on any atom is -0.465 e. The number of carbonyl (C=O) groups excluding carboxylic acids is 2. The number of anilines is 1. The molecule has 1 N–H and O–H groups in total. The van der Waals surface area contributed by atoms with Crippen molar-refractivity contribution in [2.75, 3.05) is 12.4 Å². The lowest BCUT2D eigenvalue weighted by Crippen LogP contribution is -2.19. The van der Waals surface area contributed by atoms with Gasteiger partial charge < -0.3 is 20.2 Å². The molecule has 150 valence electrons. The SMILES string of the molecule is COC(=O)c1c(NC(=O)c2cc([N+](=O)[O-])nn2Cc2ccccc2)sc(C)c1C. The standard InChI is InChI=1S/C19H18N4O5S/c1-11-12(2)29-18(16(11)19(25)28-3)20-17(24)14-9-15(23(26)27)21-22(14)10-13-7-5-4-6-8-13/h4-9H,10H2,1-3H3,(H,20,24). The number of rotatable bonds is 6. The van der Waals surface area contributed by atoms with E-state index in [1.165, 1.54) is 23.1 Å². The van der Waals surface area contributed by atoms with Crippen LogP contribution in [0.25, 0.3) is 0 Å². The van der Waals surface area contributed by atoms with Crippen LogP contribution >= 0.6 is 11.3 Å². The first-order valence-electron chi connectivity index (χ1n) is 8.57. The summed E-state index contributed by atoms with van der Waals surface area (Å²) in [5.41, 5.74) is 1.82. The number of ether oxygens (including phenoxy) is 1. The molecule has 2 aromatic heterocycles. The monoisotopic (exact) mass is 414 g/mol. The van der Waals surface area contributed by atoms with E-state index >= 15 is 0 Å². The molecule has 0 unspecified atom stereocenters. The van der Waals surface area contributed by atoms with Crippen molar-refractivity contribution in [3.63, 3.8) is 0 Å². The van der Waals surface area contributed by atoms with Crippen LogP contribution in [-0.4, -0.2) is 33.7 Å². The summed E-state index contributed by atoms with van der Waals surface area (Å²) in [4.78, 5) is 36.4. The minimum atomic E-state index is -0.655. The van der Waals surface area contributed by atoms with Gasteiger partial charge in [0, 0.05) is 4.88 Å². The first kappa shape index (κ1) is 20.2.